The number of nitrogens with one attached hydrogen (secondary N) is 2. The van der Waals surface area contributed by atoms with Crippen molar-refractivity contribution in [2.45, 2.75) is 32.1 Å². The van der Waals surface area contributed by atoms with Gasteiger partial charge >= 0.3 is 0 Å². The van der Waals surface area contributed by atoms with Crippen molar-refractivity contribution in [3.63, 3.8) is 0 Å². The number of rotatable bonds is 9. The topological polar surface area (TPSA) is 89.3 Å². The Kier molecular flexibility index (Phi) is 6.60. The molecule has 140 valence electrons. The average Bonchev–Trinajstić information content (AvgIpc) is 3.34. The number of amides is 1. The minimum absolute atomic E-state index is 0.0887. The SMILES string of the molecule is COc1ccc(-c2noc(CCCC(=O)NCCC3CCNC3)n2)cc1. The van der Waals surface area contributed by atoms with Crippen LogP contribution in [-0.2, 0) is 11.2 Å². The molecule has 2 aromatic rings. The van der Waals surface area contributed by atoms with Gasteiger partial charge in [-0.05, 0) is 62.5 Å². The van der Waals surface area contributed by atoms with Crippen molar-refractivity contribution in [2.24, 2.45) is 5.92 Å². The maximum Gasteiger partial charge on any atom is 0.226 e. The Hall–Kier alpha value is -2.41. The van der Waals surface area contributed by atoms with Gasteiger partial charge in [0.15, 0.2) is 0 Å². The van der Waals surface area contributed by atoms with Crippen LogP contribution in [0.25, 0.3) is 11.4 Å². The second-order valence-electron chi connectivity index (χ2n) is 6.59. The highest BCUT2D eigenvalue weighted by Gasteiger charge is 2.14. The van der Waals surface area contributed by atoms with E-state index in [1.807, 2.05) is 24.3 Å². The van der Waals surface area contributed by atoms with Crippen molar-refractivity contribution in [2.75, 3.05) is 26.7 Å². The van der Waals surface area contributed by atoms with Gasteiger partial charge in [0.25, 0.3) is 0 Å². The molecular weight excluding hydrogens is 332 g/mol. The van der Waals surface area contributed by atoms with Gasteiger partial charge in [0.05, 0.1) is 7.11 Å². The van der Waals surface area contributed by atoms with Crippen LogP contribution in [-0.4, -0.2) is 42.8 Å². The third kappa shape index (κ3) is 5.29. The van der Waals surface area contributed by atoms with E-state index in [9.17, 15) is 4.79 Å². The van der Waals surface area contributed by atoms with Crippen molar-refractivity contribution in [1.82, 2.24) is 20.8 Å². The lowest BCUT2D eigenvalue weighted by Crippen LogP contribution is -2.26. The largest absolute Gasteiger partial charge is 0.497 e. The molecule has 1 atom stereocenters. The molecule has 2 N–H and O–H groups in total. The molecule has 1 aromatic carbocycles. The van der Waals surface area contributed by atoms with Gasteiger partial charge in [-0.1, -0.05) is 5.16 Å². The zero-order chi connectivity index (χ0) is 18.2. The van der Waals surface area contributed by atoms with E-state index in [0.29, 0.717) is 36.9 Å². The van der Waals surface area contributed by atoms with Gasteiger partial charge in [0.2, 0.25) is 17.6 Å². The smallest absolute Gasteiger partial charge is 0.226 e. The Balaban J connectivity index is 1.36. The molecular formula is C19H26N4O3. The summed E-state index contributed by atoms with van der Waals surface area (Å²) >= 11 is 0. The third-order valence-corrected chi connectivity index (χ3v) is 4.65. The molecule has 0 bridgehead atoms. The molecule has 1 saturated heterocycles. The Morgan fingerprint density at radius 2 is 2.23 bits per heavy atom. The zero-order valence-electron chi connectivity index (χ0n) is 15.2. The van der Waals surface area contributed by atoms with Crippen molar-refractivity contribution in [3.8, 4) is 17.1 Å². The molecule has 1 amide bonds. The minimum Gasteiger partial charge on any atom is -0.497 e. The highest BCUT2D eigenvalue weighted by atomic mass is 16.5. The number of nitrogens with zero attached hydrogens (tertiary/aromatic N) is 2. The van der Waals surface area contributed by atoms with Gasteiger partial charge in [-0.2, -0.15) is 4.98 Å². The van der Waals surface area contributed by atoms with E-state index in [1.54, 1.807) is 7.11 Å². The Bertz CT molecular complexity index is 693. The molecule has 1 unspecified atom stereocenters. The molecule has 1 aliphatic heterocycles. The van der Waals surface area contributed by atoms with Crippen LogP contribution in [0.15, 0.2) is 28.8 Å². The molecule has 0 saturated carbocycles. The van der Waals surface area contributed by atoms with E-state index in [4.69, 9.17) is 9.26 Å². The molecule has 0 aliphatic carbocycles. The number of hydrogen-bond acceptors (Lipinski definition) is 6. The predicted molar refractivity (Wildman–Crippen MR) is 97.8 cm³/mol. The second-order valence-corrected chi connectivity index (χ2v) is 6.59. The Morgan fingerprint density at radius 3 is 2.96 bits per heavy atom. The van der Waals surface area contributed by atoms with Crippen molar-refractivity contribution in [1.29, 1.82) is 0 Å². The summed E-state index contributed by atoms with van der Waals surface area (Å²) < 4.78 is 10.4. The fourth-order valence-corrected chi connectivity index (χ4v) is 3.08. The maximum absolute atomic E-state index is 11.9. The molecule has 7 nitrogen and oxygen atoms in total. The van der Waals surface area contributed by atoms with E-state index >= 15 is 0 Å². The van der Waals surface area contributed by atoms with Crippen molar-refractivity contribution < 1.29 is 14.1 Å². The standard InChI is InChI=1S/C19H26N4O3/c1-25-16-7-5-15(6-8-16)19-22-18(26-23-19)4-2-3-17(24)21-12-10-14-9-11-20-13-14/h5-8,14,20H,2-4,9-13H2,1H3,(H,21,24). The molecule has 1 fully saturated rings. The Labute approximate surface area is 153 Å². The summed E-state index contributed by atoms with van der Waals surface area (Å²) in [5.74, 6) is 2.68. The normalized spacial score (nSPS) is 16.6. The van der Waals surface area contributed by atoms with Crippen LogP contribution in [0.3, 0.4) is 0 Å². The average molecular weight is 358 g/mol. The van der Waals surface area contributed by atoms with E-state index in [2.05, 4.69) is 20.8 Å². The summed E-state index contributed by atoms with van der Waals surface area (Å²) in [5, 5.41) is 10.3. The summed E-state index contributed by atoms with van der Waals surface area (Å²) in [6.07, 6.45) is 4.03. The van der Waals surface area contributed by atoms with Gasteiger partial charge in [-0.15, -0.1) is 0 Å². The predicted octanol–water partition coefficient (Wildman–Crippen LogP) is 2.18. The molecule has 1 aliphatic rings. The van der Waals surface area contributed by atoms with Crippen LogP contribution >= 0.6 is 0 Å². The van der Waals surface area contributed by atoms with Crippen molar-refractivity contribution in [3.05, 3.63) is 30.2 Å². The number of benzene rings is 1. The van der Waals surface area contributed by atoms with E-state index in [-0.39, 0.29) is 5.91 Å². The number of carbonyl (C=O) groups excluding carboxylic acids is 1. The quantitative estimate of drug-likeness (QED) is 0.714. The lowest BCUT2D eigenvalue weighted by molar-refractivity contribution is -0.121. The lowest BCUT2D eigenvalue weighted by Gasteiger charge is -2.09. The summed E-state index contributed by atoms with van der Waals surface area (Å²) in [5.41, 5.74) is 0.875. The summed E-state index contributed by atoms with van der Waals surface area (Å²) in [4.78, 5) is 16.3. The van der Waals surface area contributed by atoms with Crippen LogP contribution in [0.4, 0.5) is 0 Å². The monoisotopic (exact) mass is 358 g/mol. The van der Waals surface area contributed by atoms with Crippen molar-refractivity contribution >= 4 is 5.91 Å². The van der Waals surface area contributed by atoms with Crippen LogP contribution in [0, 0.1) is 5.92 Å². The number of ether oxygens (including phenoxy) is 1. The molecule has 7 heteroatoms. The molecule has 0 spiro atoms. The fourth-order valence-electron chi connectivity index (χ4n) is 3.08. The first-order valence-corrected chi connectivity index (χ1v) is 9.19. The second kappa shape index (κ2) is 9.33. The first-order valence-electron chi connectivity index (χ1n) is 9.19. The Morgan fingerprint density at radius 1 is 1.38 bits per heavy atom. The van der Waals surface area contributed by atoms with Gasteiger partial charge < -0.3 is 19.9 Å². The van der Waals surface area contributed by atoms with Crippen LogP contribution in [0.5, 0.6) is 5.75 Å². The highest BCUT2D eigenvalue weighted by molar-refractivity contribution is 5.75. The number of aryl methyl sites for hydroxylation is 1. The number of methoxy groups -OCH3 is 1. The number of carbonyl (C=O) groups is 1. The van der Waals surface area contributed by atoms with E-state index < -0.39 is 0 Å². The van der Waals surface area contributed by atoms with Crippen LogP contribution in [0.1, 0.15) is 31.6 Å². The first-order chi connectivity index (χ1) is 12.7. The molecule has 0 radical (unpaired) electrons. The van der Waals surface area contributed by atoms with Gasteiger partial charge in [-0.3, -0.25) is 4.79 Å². The van der Waals surface area contributed by atoms with Crippen LogP contribution in [0.2, 0.25) is 0 Å². The molecule has 3 rings (SSSR count). The maximum atomic E-state index is 11.9. The minimum atomic E-state index is 0.0887. The first kappa shape index (κ1) is 18.4. The molecule has 26 heavy (non-hydrogen) atoms. The number of hydrogen-bond donors (Lipinski definition) is 2. The van der Waals surface area contributed by atoms with E-state index in [0.717, 1.165) is 37.4 Å². The number of aromatic nitrogens is 2. The molecule has 1 aromatic heterocycles. The van der Waals surface area contributed by atoms with Gasteiger partial charge in [0, 0.05) is 24.9 Å². The summed E-state index contributed by atoms with van der Waals surface area (Å²) in [7, 11) is 1.63. The molecule has 2 heterocycles. The van der Waals surface area contributed by atoms with Gasteiger partial charge in [0.1, 0.15) is 5.75 Å². The van der Waals surface area contributed by atoms with Gasteiger partial charge in [-0.25, -0.2) is 0 Å². The highest BCUT2D eigenvalue weighted by Crippen LogP contribution is 2.20. The zero-order valence-corrected chi connectivity index (χ0v) is 15.2. The third-order valence-electron chi connectivity index (χ3n) is 4.65. The summed E-state index contributed by atoms with van der Waals surface area (Å²) in [6, 6.07) is 7.50. The fraction of sp³-hybridized carbons (Fsp3) is 0.526. The lowest BCUT2D eigenvalue weighted by atomic mass is 10.1. The van der Waals surface area contributed by atoms with Crippen LogP contribution < -0.4 is 15.4 Å². The summed E-state index contributed by atoms with van der Waals surface area (Å²) in [6.45, 7) is 2.93. The van der Waals surface area contributed by atoms with E-state index in [1.165, 1.54) is 6.42 Å².